The summed E-state index contributed by atoms with van der Waals surface area (Å²) in [4.78, 5) is 26.0. The molecule has 1 saturated heterocycles. The summed E-state index contributed by atoms with van der Waals surface area (Å²) in [6, 6.07) is 7.39. The Balaban J connectivity index is 1.47. The van der Waals surface area contributed by atoms with Crippen molar-refractivity contribution >= 4 is 17.9 Å². The predicted octanol–water partition coefficient (Wildman–Crippen LogP) is 5.54. The summed E-state index contributed by atoms with van der Waals surface area (Å²) in [5, 5.41) is 2.65. The minimum Gasteiger partial charge on any atom is -0.446 e. The highest BCUT2D eigenvalue weighted by Gasteiger charge is 2.36. The summed E-state index contributed by atoms with van der Waals surface area (Å²) in [7, 11) is 0. The number of hydrogen-bond acceptors (Lipinski definition) is 4. The van der Waals surface area contributed by atoms with Crippen molar-refractivity contribution in [1.82, 2.24) is 4.90 Å². The number of carbonyl (C=O) groups excluding carboxylic acids is 2. The molecule has 1 aliphatic heterocycles. The van der Waals surface area contributed by atoms with Gasteiger partial charge in [0, 0.05) is 37.5 Å². The summed E-state index contributed by atoms with van der Waals surface area (Å²) in [5.41, 5.74) is 1.14. The number of nitrogens with zero attached hydrogens (tertiary/aromatic N) is 1. The number of nitrogens with one attached hydrogen (secondary N) is 1. The molecule has 6 nitrogen and oxygen atoms in total. The third kappa shape index (κ3) is 6.31. The van der Waals surface area contributed by atoms with E-state index in [9.17, 15) is 18.4 Å². The van der Waals surface area contributed by atoms with Gasteiger partial charge in [0.2, 0.25) is 5.92 Å². The Bertz CT molecular complexity index is 751. The van der Waals surface area contributed by atoms with Crippen molar-refractivity contribution in [2.45, 2.75) is 76.4 Å². The number of anilines is 1. The van der Waals surface area contributed by atoms with Gasteiger partial charge in [-0.15, -0.1) is 0 Å². The maximum Gasteiger partial charge on any atom is 0.411 e. The monoisotopic (exact) mass is 424 g/mol. The molecule has 1 saturated carbocycles. The van der Waals surface area contributed by atoms with Crippen LogP contribution in [0.5, 0.6) is 0 Å². The van der Waals surface area contributed by atoms with Gasteiger partial charge >= 0.3 is 12.2 Å². The van der Waals surface area contributed by atoms with Gasteiger partial charge in [0.25, 0.3) is 0 Å². The average Bonchev–Trinajstić information content (AvgIpc) is 3.13. The Kier molecular flexibility index (Phi) is 6.53. The van der Waals surface area contributed by atoms with Gasteiger partial charge in [-0.2, -0.15) is 0 Å². The number of alkyl halides is 2. The smallest absolute Gasteiger partial charge is 0.411 e. The standard InChI is InChI=1S/C22H30F2N2O4/c1-21(2,3)30-20(28)26-13-10-16(14-26)15-4-6-17(7-5-15)25-19(27)29-18-8-11-22(23,24)12-9-18/h4-7,16,18H,8-14H2,1-3H3,(H,25,27). The summed E-state index contributed by atoms with van der Waals surface area (Å²) in [6.45, 7) is 6.78. The van der Waals surface area contributed by atoms with E-state index in [4.69, 9.17) is 9.47 Å². The van der Waals surface area contributed by atoms with Crippen LogP contribution in [0.4, 0.5) is 24.1 Å². The highest BCUT2D eigenvalue weighted by atomic mass is 19.3. The zero-order chi connectivity index (χ0) is 21.9. The van der Waals surface area contributed by atoms with Crippen molar-refractivity contribution in [2.24, 2.45) is 0 Å². The van der Waals surface area contributed by atoms with Gasteiger partial charge in [-0.1, -0.05) is 12.1 Å². The number of halogens is 2. The molecule has 1 heterocycles. The van der Waals surface area contributed by atoms with E-state index in [2.05, 4.69) is 5.32 Å². The molecule has 0 bridgehead atoms. The van der Waals surface area contributed by atoms with Crippen LogP contribution in [-0.2, 0) is 9.47 Å². The SMILES string of the molecule is CC(C)(C)OC(=O)N1CCC(c2ccc(NC(=O)OC3CCC(F)(F)CC3)cc2)C1. The van der Waals surface area contributed by atoms with Gasteiger partial charge in [-0.25, -0.2) is 18.4 Å². The van der Waals surface area contributed by atoms with E-state index in [0.29, 0.717) is 18.8 Å². The van der Waals surface area contributed by atoms with Crippen LogP contribution in [0.2, 0.25) is 0 Å². The molecule has 3 rings (SSSR count). The number of amides is 2. The summed E-state index contributed by atoms with van der Waals surface area (Å²) < 4.78 is 37.1. The second-order valence-electron chi connectivity index (χ2n) is 9.12. The summed E-state index contributed by atoms with van der Waals surface area (Å²) in [6.07, 6.45) is -0.698. The topological polar surface area (TPSA) is 67.9 Å². The van der Waals surface area contributed by atoms with Gasteiger partial charge in [-0.3, -0.25) is 5.32 Å². The largest absolute Gasteiger partial charge is 0.446 e. The molecule has 1 aliphatic carbocycles. The Morgan fingerprint density at radius 1 is 1.10 bits per heavy atom. The fraction of sp³-hybridized carbons (Fsp3) is 0.636. The highest BCUT2D eigenvalue weighted by molar-refractivity contribution is 5.84. The molecule has 1 aromatic rings. The fourth-order valence-corrected chi connectivity index (χ4v) is 3.79. The van der Waals surface area contributed by atoms with Crippen molar-refractivity contribution in [3.63, 3.8) is 0 Å². The van der Waals surface area contributed by atoms with Crippen LogP contribution >= 0.6 is 0 Å². The van der Waals surface area contributed by atoms with Crippen molar-refractivity contribution in [2.75, 3.05) is 18.4 Å². The van der Waals surface area contributed by atoms with Gasteiger partial charge in [0.1, 0.15) is 11.7 Å². The first-order chi connectivity index (χ1) is 14.0. The van der Waals surface area contributed by atoms with E-state index in [1.54, 1.807) is 17.0 Å². The van der Waals surface area contributed by atoms with Crippen LogP contribution in [-0.4, -0.2) is 47.8 Å². The lowest BCUT2D eigenvalue weighted by atomic mass is 9.94. The van der Waals surface area contributed by atoms with Crippen LogP contribution < -0.4 is 5.32 Å². The lowest BCUT2D eigenvalue weighted by Gasteiger charge is -2.27. The maximum absolute atomic E-state index is 13.2. The van der Waals surface area contributed by atoms with Crippen molar-refractivity contribution < 1.29 is 27.8 Å². The first-order valence-corrected chi connectivity index (χ1v) is 10.4. The molecule has 1 atom stereocenters. The number of likely N-dealkylation sites (tertiary alicyclic amines) is 1. The molecule has 30 heavy (non-hydrogen) atoms. The zero-order valence-electron chi connectivity index (χ0n) is 17.7. The van der Waals surface area contributed by atoms with E-state index in [1.807, 2.05) is 32.9 Å². The molecule has 1 aromatic carbocycles. The van der Waals surface area contributed by atoms with E-state index >= 15 is 0 Å². The molecule has 0 spiro atoms. The molecule has 2 aliphatic rings. The van der Waals surface area contributed by atoms with Crippen LogP contribution in [0.15, 0.2) is 24.3 Å². The van der Waals surface area contributed by atoms with Gasteiger partial charge in [-0.05, 0) is 57.7 Å². The average molecular weight is 424 g/mol. The molecule has 166 valence electrons. The Labute approximate surface area is 175 Å². The van der Waals surface area contributed by atoms with Crippen molar-refractivity contribution in [3.05, 3.63) is 29.8 Å². The van der Waals surface area contributed by atoms with Gasteiger partial charge in [0.15, 0.2) is 0 Å². The van der Waals surface area contributed by atoms with E-state index in [1.165, 1.54) is 0 Å². The predicted molar refractivity (Wildman–Crippen MR) is 109 cm³/mol. The molecule has 0 aromatic heterocycles. The molecule has 2 fully saturated rings. The number of hydrogen-bond donors (Lipinski definition) is 1. The summed E-state index contributed by atoms with van der Waals surface area (Å²) >= 11 is 0. The zero-order valence-corrected chi connectivity index (χ0v) is 17.7. The van der Waals surface area contributed by atoms with E-state index < -0.39 is 23.7 Å². The lowest BCUT2D eigenvalue weighted by molar-refractivity contribution is -0.0642. The van der Waals surface area contributed by atoms with Crippen LogP contribution in [0.3, 0.4) is 0 Å². The molecule has 1 unspecified atom stereocenters. The van der Waals surface area contributed by atoms with Crippen LogP contribution in [0, 0.1) is 0 Å². The Hall–Kier alpha value is -2.38. The maximum atomic E-state index is 13.2. The van der Waals surface area contributed by atoms with E-state index in [0.717, 1.165) is 12.0 Å². The molecule has 8 heteroatoms. The third-order valence-corrected chi connectivity index (χ3v) is 5.41. The number of benzene rings is 1. The minimum absolute atomic E-state index is 0.176. The first kappa shape index (κ1) is 22.3. The van der Waals surface area contributed by atoms with Gasteiger partial charge in [0.05, 0.1) is 0 Å². The summed E-state index contributed by atoms with van der Waals surface area (Å²) in [5.74, 6) is -2.44. The second kappa shape index (κ2) is 8.78. The third-order valence-electron chi connectivity index (χ3n) is 5.41. The highest BCUT2D eigenvalue weighted by Crippen LogP contribution is 2.34. The molecular formula is C22H30F2N2O4. The van der Waals surface area contributed by atoms with Crippen LogP contribution in [0.1, 0.15) is 64.4 Å². The van der Waals surface area contributed by atoms with Gasteiger partial charge < -0.3 is 14.4 Å². The number of ether oxygens (including phenoxy) is 2. The number of rotatable bonds is 3. The lowest BCUT2D eigenvalue weighted by Crippen LogP contribution is -2.35. The Morgan fingerprint density at radius 2 is 1.73 bits per heavy atom. The fourth-order valence-electron chi connectivity index (χ4n) is 3.79. The van der Waals surface area contributed by atoms with Crippen LogP contribution in [0.25, 0.3) is 0 Å². The molecule has 0 radical (unpaired) electrons. The Morgan fingerprint density at radius 3 is 2.33 bits per heavy atom. The van der Waals surface area contributed by atoms with Crippen molar-refractivity contribution in [1.29, 1.82) is 0 Å². The minimum atomic E-state index is -2.65. The normalized spacial score (nSPS) is 21.9. The number of carbonyl (C=O) groups is 2. The first-order valence-electron chi connectivity index (χ1n) is 10.4. The van der Waals surface area contributed by atoms with E-state index in [-0.39, 0.29) is 37.7 Å². The van der Waals surface area contributed by atoms with Crippen molar-refractivity contribution in [3.8, 4) is 0 Å². The molecule has 2 amide bonds. The molecular weight excluding hydrogens is 394 g/mol. The molecule has 1 N–H and O–H groups in total. The quantitative estimate of drug-likeness (QED) is 0.692. The second-order valence-corrected chi connectivity index (χ2v) is 9.12.